The van der Waals surface area contributed by atoms with Crippen molar-refractivity contribution in [2.75, 3.05) is 17.7 Å². The van der Waals surface area contributed by atoms with Crippen molar-refractivity contribution in [2.45, 2.75) is 16.6 Å². The van der Waals surface area contributed by atoms with Crippen molar-refractivity contribution in [3.63, 3.8) is 0 Å². The molecule has 1 unspecified atom stereocenters. The zero-order valence-corrected chi connectivity index (χ0v) is 19.2. The largest absolute Gasteiger partial charge is 0.490 e. The number of fused-ring (bicyclic) bond motifs is 1. The Labute approximate surface area is 203 Å². The number of aromatic nitrogens is 2. The highest BCUT2D eigenvalue weighted by atomic mass is 32.2. The Kier molecular flexibility index (Phi) is 7.38. The number of para-hydroxylation sites is 1. The third-order valence-corrected chi connectivity index (χ3v) is 6.66. The predicted octanol–water partition coefficient (Wildman–Crippen LogP) is 4.45. The maximum atomic E-state index is 12.7. The summed E-state index contributed by atoms with van der Waals surface area (Å²) in [7, 11) is 0. The van der Waals surface area contributed by atoms with Crippen LogP contribution in [0.3, 0.4) is 0 Å². The number of carbonyl (C=O) groups excluding carboxylic acids is 1. The van der Waals surface area contributed by atoms with Gasteiger partial charge in [0.15, 0.2) is 4.34 Å². The van der Waals surface area contributed by atoms with Crippen molar-refractivity contribution < 1.29 is 32.2 Å². The number of anilines is 1. The van der Waals surface area contributed by atoms with Crippen molar-refractivity contribution in [3.05, 3.63) is 76.1 Å². The molecule has 0 saturated heterocycles. The molecule has 1 amide bonds. The van der Waals surface area contributed by atoms with Gasteiger partial charge in [0.25, 0.3) is 5.91 Å². The van der Waals surface area contributed by atoms with E-state index in [1.807, 2.05) is 0 Å². The van der Waals surface area contributed by atoms with Gasteiger partial charge in [-0.15, -0.1) is 10.2 Å². The topological polar surface area (TPSA) is 115 Å². The molecule has 4 aromatic rings. The summed E-state index contributed by atoms with van der Waals surface area (Å²) in [6.07, 6.45) is -5.39. The van der Waals surface area contributed by atoms with E-state index in [0.29, 0.717) is 21.1 Å². The second-order valence-corrected chi connectivity index (χ2v) is 9.35. The molecule has 0 saturated carbocycles. The summed E-state index contributed by atoms with van der Waals surface area (Å²) in [5.74, 6) is -0.134. The van der Waals surface area contributed by atoms with E-state index in [2.05, 4.69) is 15.5 Å². The van der Waals surface area contributed by atoms with Crippen molar-refractivity contribution in [1.82, 2.24) is 10.2 Å². The smallest absolute Gasteiger partial charge is 0.416 e. The standard InChI is InChI=1S/C22H16F3N3O5S2/c23-22(24,25)13-7-5-12(6-8-13)19(31)26-20-27-28-21(35-20)34-11-14(29)10-32-17-9-18(30)33-16-4-2-1-3-15(16)17/h1-9,14,29H,10-11H2,(H,26,27,31). The molecule has 2 aromatic heterocycles. The minimum Gasteiger partial charge on any atom is -0.490 e. The van der Waals surface area contributed by atoms with E-state index in [1.54, 1.807) is 24.3 Å². The number of aliphatic hydroxyl groups excluding tert-OH is 1. The van der Waals surface area contributed by atoms with Crippen LogP contribution in [0.25, 0.3) is 11.0 Å². The second kappa shape index (κ2) is 10.5. The molecular formula is C22H16F3N3O5S2. The van der Waals surface area contributed by atoms with Gasteiger partial charge >= 0.3 is 11.8 Å². The minimum absolute atomic E-state index is 0.0393. The summed E-state index contributed by atoms with van der Waals surface area (Å²) in [6.45, 7) is -0.0865. The van der Waals surface area contributed by atoms with Gasteiger partial charge in [0.2, 0.25) is 5.13 Å². The summed E-state index contributed by atoms with van der Waals surface area (Å²) in [5, 5.41) is 21.2. The van der Waals surface area contributed by atoms with Gasteiger partial charge in [-0.1, -0.05) is 35.2 Å². The molecule has 182 valence electrons. The molecule has 0 aliphatic rings. The first-order chi connectivity index (χ1) is 16.7. The quantitative estimate of drug-likeness (QED) is 0.198. The number of hydrogen-bond donors (Lipinski definition) is 2. The third kappa shape index (κ3) is 6.38. The Balaban J connectivity index is 1.28. The molecule has 2 heterocycles. The van der Waals surface area contributed by atoms with Crippen LogP contribution in [0.1, 0.15) is 15.9 Å². The van der Waals surface area contributed by atoms with Gasteiger partial charge in [0, 0.05) is 11.3 Å². The maximum absolute atomic E-state index is 12.7. The van der Waals surface area contributed by atoms with E-state index in [1.165, 1.54) is 17.8 Å². The molecule has 35 heavy (non-hydrogen) atoms. The molecule has 8 nitrogen and oxygen atoms in total. The number of halogens is 3. The molecule has 4 rings (SSSR count). The molecule has 0 spiro atoms. The molecule has 0 bridgehead atoms. The van der Waals surface area contributed by atoms with E-state index in [4.69, 9.17) is 9.15 Å². The van der Waals surface area contributed by atoms with Crippen LogP contribution in [-0.4, -0.2) is 39.7 Å². The average molecular weight is 524 g/mol. The summed E-state index contributed by atoms with van der Waals surface area (Å²) >= 11 is 2.22. The number of hydrogen-bond acceptors (Lipinski definition) is 9. The molecule has 1 atom stereocenters. The Hall–Kier alpha value is -3.42. The zero-order valence-electron chi connectivity index (χ0n) is 17.6. The van der Waals surface area contributed by atoms with Crippen LogP contribution in [0.4, 0.5) is 18.3 Å². The summed E-state index contributed by atoms with van der Waals surface area (Å²) in [6, 6.07) is 11.9. The number of alkyl halides is 3. The van der Waals surface area contributed by atoms with Crippen LogP contribution in [0.5, 0.6) is 5.75 Å². The number of ether oxygens (including phenoxy) is 1. The van der Waals surface area contributed by atoms with E-state index in [-0.39, 0.29) is 23.1 Å². The lowest BCUT2D eigenvalue weighted by molar-refractivity contribution is -0.137. The number of nitrogens with one attached hydrogen (secondary N) is 1. The van der Waals surface area contributed by atoms with Crippen LogP contribution < -0.4 is 15.7 Å². The van der Waals surface area contributed by atoms with Gasteiger partial charge in [-0.3, -0.25) is 10.1 Å². The first-order valence-corrected chi connectivity index (χ1v) is 11.8. The van der Waals surface area contributed by atoms with Crippen molar-refractivity contribution in [2.24, 2.45) is 0 Å². The average Bonchev–Trinajstić information content (AvgIpc) is 3.27. The van der Waals surface area contributed by atoms with Gasteiger partial charge in [0.1, 0.15) is 17.9 Å². The van der Waals surface area contributed by atoms with Crippen molar-refractivity contribution >= 4 is 45.1 Å². The maximum Gasteiger partial charge on any atom is 0.416 e. The van der Waals surface area contributed by atoms with E-state index in [9.17, 15) is 27.9 Å². The lowest BCUT2D eigenvalue weighted by Crippen LogP contribution is -2.20. The van der Waals surface area contributed by atoms with Gasteiger partial charge in [-0.25, -0.2) is 4.79 Å². The Morgan fingerprint density at radius 1 is 1.17 bits per heavy atom. The molecular weight excluding hydrogens is 507 g/mol. The van der Waals surface area contributed by atoms with E-state index in [0.717, 1.165) is 35.6 Å². The number of thioether (sulfide) groups is 1. The summed E-state index contributed by atoms with van der Waals surface area (Å²) < 4.78 is 49.1. The highest BCUT2D eigenvalue weighted by molar-refractivity contribution is 8.01. The lowest BCUT2D eigenvalue weighted by Gasteiger charge is -2.12. The van der Waals surface area contributed by atoms with Crippen LogP contribution in [0.2, 0.25) is 0 Å². The second-order valence-electron chi connectivity index (χ2n) is 7.10. The van der Waals surface area contributed by atoms with Gasteiger partial charge < -0.3 is 14.3 Å². The lowest BCUT2D eigenvalue weighted by atomic mass is 10.1. The van der Waals surface area contributed by atoms with Crippen molar-refractivity contribution in [3.8, 4) is 5.75 Å². The Morgan fingerprint density at radius 2 is 1.91 bits per heavy atom. The number of aliphatic hydroxyl groups is 1. The predicted molar refractivity (Wildman–Crippen MR) is 124 cm³/mol. The van der Waals surface area contributed by atoms with Crippen LogP contribution >= 0.6 is 23.1 Å². The molecule has 2 N–H and O–H groups in total. The summed E-state index contributed by atoms with van der Waals surface area (Å²) in [5.41, 5.74) is -1.01. The molecule has 0 radical (unpaired) electrons. The number of nitrogens with zero attached hydrogens (tertiary/aromatic N) is 2. The fraction of sp³-hybridized carbons (Fsp3) is 0.182. The van der Waals surface area contributed by atoms with Gasteiger partial charge in [-0.05, 0) is 36.4 Å². The van der Waals surface area contributed by atoms with Crippen LogP contribution in [-0.2, 0) is 6.18 Å². The highest BCUT2D eigenvalue weighted by Crippen LogP contribution is 2.30. The zero-order chi connectivity index (χ0) is 25.0. The van der Waals surface area contributed by atoms with E-state index >= 15 is 0 Å². The number of benzene rings is 2. The minimum atomic E-state index is -4.49. The van der Waals surface area contributed by atoms with E-state index < -0.39 is 29.4 Å². The number of amides is 1. The SMILES string of the molecule is O=C(Nc1nnc(SCC(O)COc2cc(=O)oc3ccccc23)s1)c1ccc(C(F)(F)F)cc1. The molecule has 0 fully saturated rings. The Bertz CT molecular complexity index is 1390. The Morgan fingerprint density at radius 3 is 2.66 bits per heavy atom. The third-order valence-electron chi connectivity index (χ3n) is 4.54. The van der Waals surface area contributed by atoms with Crippen molar-refractivity contribution in [1.29, 1.82) is 0 Å². The molecule has 0 aliphatic heterocycles. The molecule has 2 aromatic carbocycles. The molecule has 0 aliphatic carbocycles. The van der Waals surface area contributed by atoms with Crippen LogP contribution in [0.15, 0.2) is 68.1 Å². The first kappa shape index (κ1) is 24.7. The fourth-order valence-corrected chi connectivity index (χ4v) is 4.58. The fourth-order valence-electron chi connectivity index (χ4n) is 2.90. The summed E-state index contributed by atoms with van der Waals surface area (Å²) in [4.78, 5) is 23.9. The monoisotopic (exact) mass is 523 g/mol. The number of carbonyl (C=O) groups is 1. The normalized spacial score (nSPS) is 12.5. The first-order valence-electron chi connectivity index (χ1n) is 9.98. The highest BCUT2D eigenvalue weighted by Gasteiger charge is 2.30. The van der Waals surface area contributed by atoms with Gasteiger partial charge in [-0.2, -0.15) is 13.2 Å². The number of rotatable bonds is 8. The molecule has 13 heteroatoms. The van der Waals surface area contributed by atoms with Gasteiger partial charge in [0.05, 0.1) is 23.1 Å². The van der Waals surface area contributed by atoms with Crippen LogP contribution in [0, 0.1) is 0 Å².